The van der Waals surface area contributed by atoms with E-state index in [1.165, 1.54) is 11.5 Å². The molecule has 4 heteroatoms. The highest BCUT2D eigenvalue weighted by molar-refractivity contribution is 7.05. The molecule has 0 aromatic carbocycles. The summed E-state index contributed by atoms with van der Waals surface area (Å²) >= 11 is 7.42. The molecule has 1 heterocycles. The normalized spacial score (nSPS) is 21.9. The van der Waals surface area contributed by atoms with Crippen LogP contribution in [0.15, 0.2) is 6.33 Å². The minimum Gasteiger partial charge on any atom is -0.226 e. The molecule has 0 spiro atoms. The Kier molecular flexibility index (Phi) is 1.04. The monoisotopic (exact) mass is 160 g/mol. The van der Waals surface area contributed by atoms with Crippen molar-refractivity contribution in [2.45, 2.75) is 17.7 Å². The summed E-state index contributed by atoms with van der Waals surface area (Å²) in [5, 5.41) is 0.976. The van der Waals surface area contributed by atoms with Crippen LogP contribution in [0.2, 0.25) is 0 Å². The molecule has 0 N–H and O–H groups in total. The highest BCUT2D eigenvalue weighted by atomic mass is 35.5. The largest absolute Gasteiger partial charge is 0.226 e. The molecule has 1 aliphatic rings. The number of nitrogens with zero attached hydrogens (tertiary/aromatic N) is 2. The minimum atomic E-state index is -0.110. The second kappa shape index (κ2) is 1.67. The zero-order valence-electron chi connectivity index (χ0n) is 4.67. The first-order chi connectivity index (χ1) is 4.31. The molecule has 9 heavy (non-hydrogen) atoms. The van der Waals surface area contributed by atoms with Crippen molar-refractivity contribution < 1.29 is 0 Å². The van der Waals surface area contributed by atoms with Crippen molar-refractivity contribution in [1.82, 2.24) is 9.36 Å². The van der Waals surface area contributed by atoms with Crippen molar-refractivity contribution in [1.29, 1.82) is 0 Å². The van der Waals surface area contributed by atoms with Gasteiger partial charge >= 0.3 is 0 Å². The van der Waals surface area contributed by atoms with Crippen LogP contribution in [0, 0.1) is 0 Å². The molecule has 0 aliphatic heterocycles. The first-order valence-electron chi connectivity index (χ1n) is 2.77. The lowest BCUT2D eigenvalue weighted by Gasteiger charge is -1.94. The van der Waals surface area contributed by atoms with Gasteiger partial charge in [0, 0.05) is 0 Å². The molecule has 0 bridgehead atoms. The van der Waals surface area contributed by atoms with Gasteiger partial charge in [-0.3, -0.25) is 0 Å². The van der Waals surface area contributed by atoms with E-state index in [1.54, 1.807) is 6.33 Å². The quantitative estimate of drug-likeness (QED) is 0.586. The third-order valence-electron chi connectivity index (χ3n) is 1.43. The number of halogens is 1. The molecular formula is C5H5ClN2S. The summed E-state index contributed by atoms with van der Waals surface area (Å²) in [6, 6.07) is 0. The van der Waals surface area contributed by atoms with Crippen LogP contribution in [0.25, 0.3) is 0 Å². The lowest BCUT2D eigenvalue weighted by molar-refractivity contribution is 0.983. The van der Waals surface area contributed by atoms with Crippen molar-refractivity contribution in [3.8, 4) is 0 Å². The SMILES string of the molecule is ClC1(c2ncns2)CC1. The average Bonchev–Trinajstić information content (AvgIpc) is 2.46. The van der Waals surface area contributed by atoms with Crippen LogP contribution < -0.4 is 0 Å². The van der Waals surface area contributed by atoms with E-state index in [0.29, 0.717) is 0 Å². The minimum absolute atomic E-state index is 0.110. The first-order valence-corrected chi connectivity index (χ1v) is 3.92. The fourth-order valence-electron chi connectivity index (χ4n) is 0.694. The molecule has 0 unspecified atom stereocenters. The maximum Gasteiger partial charge on any atom is 0.134 e. The van der Waals surface area contributed by atoms with E-state index < -0.39 is 0 Å². The molecule has 2 rings (SSSR count). The summed E-state index contributed by atoms with van der Waals surface area (Å²) in [6.07, 6.45) is 3.68. The number of rotatable bonds is 1. The van der Waals surface area contributed by atoms with Crippen molar-refractivity contribution in [2.75, 3.05) is 0 Å². The van der Waals surface area contributed by atoms with Crippen molar-refractivity contribution >= 4 is 23.1 Å². The van der Waals surface area contributed by atoms with Crippen LogP contribution in [0.1, 0.15) is 17.8 Å². The van der Waals surface area contributed by atoms with Crippen molar-refractivity contribution in [2.24, 2.45) is 0 Å². The summed E-state index contributed by atoms with van der Waals surface area (Å²) in [4.78, 5) is 3.92. The van der Waals surface area contributed by atoms with Gasteiger partial charge in [-0.1, -0.05) is 0 Å². The Balaban J connectivity index is 2.34. The maximum atomic E-state index is 6.02. The van der Waals surface area contributed by atoms with Crippen molar-refractivity contribution in [3.63, 3.8) is 0 Å². The van der Waals surface area contributed by atoms with Gasteiger partial charge in [0.2, 0.25) is 0 Å². The molecular weight excluding hydrogens is 156 g/mol. The lowest BCUT2D eigenvalue weighted by Crippen LogP contribution is -1.92. The van der Waals surface area contributed by atoms with E-state index in [4.69, 9.17) is 11.6 Å². The summed E-state index contributed by atoms with van der Waals surface area (Å²) in [5.41, 5.74) is 0. The number of hydrogen-bond acceptors (Lipinski definition) is 3. The van der Waals surface area contributed by atoms with E-state index in [2.05, 4.69) is 9.36 Å². The van der Waals surface area contributed by atoms with E-state index in [1.807, 2.05) is 0 Å². The van der Waals surface area contributed by atoms with E-state index in [-0.39, 0.29) is 4.87 Å². The zero-order valence-corrected chi connectivity index (χ0v) is 6.24. The highest BCUT2D eigenvalue weighted by Gasteiger charge is 2.45. The molecule has 0 saturated heterocycles. The van der Waals surface area contributed by atoms with Gasteiger partial charge in [0.1, 0.15) is 11.3 Å². The second-order valence-corrected chi connectivity index (χ2v) is 3.72. The lowest BCUT2D eigenvalue weighted by atomic mass is 10.4. The van der Waals surface area contributed by atoms with Gasteiger partial charge in [-0.2, -0.15) is 4.37 Å². The predicted molar refractivity (Wildman–Crippen MR) is 36.7 cm³/mol. The van der Waals surface area contributed by atoms with Crippen LogP contribution in [0.3, 0.4) is 0 Å². The maximum absolute atomic E-state index is 6.02. The summed E-state index contributed by atoms with van der Waals surface area (Å²) in [6.45, 7) is 0. The second-order valence-electron chi connectivity index (χ2n) is 2.21. The average molecular weight is 161 g/mol. The topological polar surface area (TPSA) is 25.8 Å². The first kappa shape index (κ1) is 5.62. The van der Waals surface area contributed by atoms with Gasteiger partial charge < -0.3 is 0 Å². The van der Waals surface area contributed by atoms with Crippen LogP contribution in [0.4, 0.5) is 0 Å². The highest BCUT2D eigenvalue weighted by Crippen LogP contribution is 2.52. The van der Waals surface area contributed by atoms with Crippen molar-refractivity contribution in [3.05, 3.63) is 11.3 Å². The Bertz CT molecular complexity index is 205. The number of alkyl halides is 1. The smallest absolute Gasteiger partial charge is 0.134 e. The summed E-state index contributed by atoms with van der Waals surface area (Å²) < 4.78 is 3.87. The predicted octanol–water partition coefficient (Wildman–Crippen LogP) is 1.77. The van der Waals surface area contributed by atoms with Gasteiger partial charge in [0.05, 0.1) is 4.87 Å². The third-order valence-corrected chi connectivity index (χ3v) is 2.97. The Morgan fingerprint density at radius 3 is 2.89 bits per heavy atom. The van der Waals surface area contributed by atoms with E-state index in [9.17, 15) is 0 Å². The molecule has 1 aromatic rings. The molecule has 1 aliphatic carbocycles. The summed E-state index contributed by atoms with van der Waals surface area (Å²) in [5.74, 6) is 0. The number of hydrogen-bond donors (Lipinski definition) is 0. The van der Waals surface area contributed by atoms with Crippen LogP contribution in [-0.2, 0) is 4.87 Å². The van der Waals surface area contributed by atoms with Crippen LogP contribution >= 0.6 is 23.1 Å². The molecule has 48 valence electrons. The van der Waals surface area contributed by atoms with Crippen LogP contribution in [-0.4, -0.2) is 9.36 Å². The Hall–Kier alpha value is -0.150. The molecule has 0 atom stereocenters. The Morgan fingerprint density at radius 1 is 1.67 bits per heavy atom. The fourth-order valence-corrected chi connectivity index (χ4v) is 1.60. The molecule has 0 radical (unpaired) electrons. The molecule has 1 fully saturated rings. The number of aromatic nitrogens is 2. The molecule has 2 nitrogen and oxygen atoms in total. The summed E-state index contributed by atoms with van der Waals surface area (Å²) in [7, 11) is 0. The molecule has 1 saturated carbocycles. The Labute approximate surface area is 62.0 Å². The Morgan fingerprint density at radius 2 is 2.44 bits per heavy atom. The standard InChI is InChI=1S/C5H5ClN2S/c6-5(1-2-5)4-7-3-8-9-4/h3H,1-2H2. The van der Waals surface area contributed by atoms with E-state index in [0.717, 1.165) is 17.8 Å². The zero-order chi connectivity index (χ0) is 6.32. The van der Waals surface area contributed by atoms with E-state index >= 15 is 0 Å². The third kappa shape index (κ3) is 0.843. The van der Waals surface area contributed by atoms with Crippen LogP contribution in [0.5, 0.6) is 0 Å². The van der Waals surface area contributed by atoms with Gasteiger partial charge in [-0.15, -0.1) is 11.6 Å². The fraction of sp³-hybridized carbons (Fsp3) is 0.600. The van der Waals surface area contributed by atoms with Gasteiger partial charge in [-0.05, 0) is 24.4 Å². The van der Waals surface area contributed by atoms with Gasteiger partial charge in [0.15, 0.2) is 0 Å². The van der Waals surface area contributed by atoms with Gasteiger partial charge in [-0.25, -0.2) is 4.98 Å². The van der Waals surface area contributed by atoms with Gasteiger partial charge in [0.25, 0.3) is 0 Å². The molecule has 1 aromatic heterocycles. The molecule has 0 amide bonds.